The zero-order chi connectivity index (χ0) is 17.5. The highest BCUT2D eigenvalue weighted by atomic mass is 32.1. The number of carbonyl (C=O) groups excluding carboxylic acids is 2. The van der Waals surface area contributed by atoms with Crippen LogP contribution in [0, 0.1) is 0 Å². The molecule has 24 heavy (non-hydrogen) atoms. The number of piperazine rings is 1. The van der Waals surface area contributed by atoms with E-state index < -0.39 is 0 Å². The van der Waals surface area contributed by atoms with Crippen LogP contribution in [0.5, 0.6) is 5.75 Å². The van der Waals surface area contributed by atoms with Crippen molar-refractivity contribution >= 4 is 29.3 Å². The van der Waals surface area contributed by atoms with E-state index in [4.69, 9.17) is 21.7 Å². The van der Waals surface area contributed by atoms with Crippen LogP contribution in [0.25, 0.3) is 0 Å². The maximum atomic E-state index is 12.3. The van der Waals surface area contributed by atoms with Gasteiger partial charge in [0.15, 0.2) is 5.11 Å². The van der Waals surface area contributed by atoms with E-state index in [2.05, 4.69) is 5.32 Å². The summed E-state index contributed by atoms with van der Waals surface area (Å²) >= 11 is 5.30. The Labute approximate surface area is 146 Å². The molecule has 2 amide bonds. The van der Waals surface area contributed by atoms with Gasteiger partial charge in [-0.15, -0.1) is 0 Å². The van der Waals surface area contributed by atoms with Crippen LogP contribution in [-0.2, 0) is 4.74 Å². The number of amides is 2. The molecule has 1 aliphatic heterocycles. The van der Waals surface area contributed by atoms with E-state index in [-0.39, 0.29) is 12.0 Å². The van der Waals surface area contributed by atoms with Crippen molar-refractivity contribution in [2.75, 3.05) is 39.9 Å². The molecule has 7 nitrogen and oxygen atoms in total. The number of hydrogen-bond donors (Lipinski definition) is 1. The van der Waals surface area contributed by atoms with E-state index in [1.54, 1.807) is 43.2 Å². The zero-order valence-corrected chi connectivity index (χ0v) is 14.6. The number of methoxy groups -OCH3 is 1. The quantitative estimate of drug-likeness (QED) is 0.832. The summed E-state index contributed by atoms with van der Waals surface area (Å²) in [7, 11) is 1.55. The largest absolute Gasteiger partial charge is 0.497 e. The highest BCUT2D eigenvalue weighted by molar-refractivity contribution is 7.80. The molecule has 1 fully saturated rings. The summed E-state index contributed by atoms with van der Waals surface area (Å²) in [5.41, 5.74) is 0.474. The first kappa shape index (κ1) is 18.0. The van der Waals surface area contributed by atoms with Crippen molar-refractivity contribution in [1.82, 2.24) is 15.1 Å². The summed E-state index contributed by atoms with van der Waals surface area (Å²) in [6, 6.07) is 6.86. The first-order valence-electron chi connectivity index (χ1n) is 7.71. The topological polar surface area (TPSA) is 71.1 Å². The fourth-order valence-electron chi connectivity index (χ4n) is 2.32. The molecule has 1 N–H and O–H groups in total. The first-order valence-corrected chi connectivity index (χ1v) is 8.12. The van der Waals surface area contributed by atoms with E-state index in [1.807, 2.05) is 4.90 Å². The second-order valence-electron chi connectivity index (χ2n) is 5.16. The lowest BCUT2D eigenvalue weighted by Crippen LogP contribution is -2.54. The predicted molar refractivity (Wildman–Crippen MR) is 93.2 cm³/mol. The number of rotatable bonds is 3. The fraction of sp³-hybridized carbons (Fsp3) is 0.438. The molecule has 0 unspecified atom stereocenters. The second-order valence-corrected chi connectivity index (χ2v) is 5.55. The van der Waals surface area contributed by atoms with Gasteiger partial charge in [-0.25, -0.2) is 4.79 Å². The molecular weight excluding hydrogens is 330 g/mol. The van der Waals surface area contributed by atoms with Gasteiger partial charge in [-0.1, -0.05) is 6.07 Å². The Morgan fingerprint density at radius 1 is 1.21 bits per heavy atom. The van der Waals surface area contributed by atoms with Crippen molar-refractivity contribution in [3.63, 3.8) is 0 Å². The van der Waals surface area contributed by atoms with Crippen LogP contribution in [0.2, 0.25) is 0 Å². The van der Waals surface area contributed by atoms with E-state index >= 15 is 0 Å². The van der Waals surface area contributed by atoms with Crippen LogP contribution < -0.4 is 10.1 Å². The molecule has 1 saturated heterocycles. The van der Waals surface area contributed by atoms with Crippen molar-refractivity contribution in [2.24, 2.45) is 0 Å². The van der Waals surface area contributed by atoms with Gasteiger partial charge in [0.1, 0.15) is 5.75 Å². The molecule has 2 rings (SSSR count). The Kier molecular flexibility index (Phi) is 6.36. The van der Waals surface area contributed by atoms with Gasteiger partial charge in [0.05, 0.1) is 13.7 Å². The lowest BCUT2D eigenvalue weighted by atomic mass is 10.2. The van der Waals surface area contributed by atoms with E-state index in [1.165, 1.54) is 0 Å². The summed E-state index contributed by atoms with van der Waals surface area (Å²) in [6.07, 6.45) is -0.316. The van der Waals surface area contributed by atoms with Gasteiger partial charge in [-0.2, -0.15) is 0 Å². The van der Waals surface area contributed by atoms with Gasteiger partial charge in [-0.3, -0.25) is 10.1 Å². The van der Waals surface area contributed by atoms with Crippen LogP contribution in [0.1, 0.15) is 17.3 Å². The molecule has 1 aromatic rings. The summed E-state index contributed by atoms with van der Waals surface area (Å²) < 4.78 is 10.1. The minimum Gasteiger partial charge on any atom is -0.497 e. The Morgan fingerprint density at radius 2 is 1.88 bits per heavy atom. The number of thiocarbonyl (C=S) groups is 1. The molecule has 0 bridgehead atoms. The Balaban J connectivity index is 1.87. The van der Waals surface area contributed by atoms with Crippen molar-refractivity contribution in [1.29, 1.82) is 0 Å². The minimum absolute atomic E-state index is 0.285. The molecule has 0 atom stereocenters. The van der Waals surface area contributed by atoms with E-state index in [0.717, 1.165) is 0 Å². The SMILES string of the molecule is CCOC(=O)N1CCN(C(=S)NC(=O)c2cccc(OC)c2)CC1. The van der Waals surface area contributed by atoms with E-state index in [9.17, 15) is 9.59 Å². The lowest BCUT2D eigenvalue weighted by Gasteiger charge is -2.35. The van der Waals surface area contributed by atoms with Crippen LogP contribution in [-0.4, -0.2) is 66.8 Å². The van der Waals surface area contributed by atoms with Crippen LogP contribution in [0.3, 0.4) is 0 Å². The van der Waals surface area contributed by atoms with Gasteiger partial charge in [0.2, 0.25) is 0 Å². The first-order chi connectivity index (χ1) is 11.5. The molecule has 1 aromatic carbocycles. The molecular formula is C16H21N3O4S. The monoisotopic (exact) mass is 351 g/mol. The molecule has 1 aliphatic rings. The molecule has 0 spiro atoms. The highest BCUT2D eigenvalue weighted by Gasteiger charge is 2.24. The molecule has 1 heterocycles. The standard InChI is InChI=1S/C16H21N3O4S/c1-3-23-16(21)19-9-7-18(8-10-19)15(24)17-14(20)12-5-4-6-13(11-12)22-2/h4-6,11H,3,7-10H2,1-2H3,(H,17,20,24). The Hall–Kier alpha value is -2.35. The summed E-state index contributed by atoms with van der Waals surface area (Å²) in [6.45, 7) is 4.25. The normalized spacial score (nSPS) is 14.1. The highest BCUT2D eigenvalue weighted by Crippen LogP contribution is 2.12. The molecule has 130 valence electrons. The Bertz CT molecular complexity index is 615. The zero-order valence-electron chi connectivity index (χ0n) is 13.8. The van der Waals surface area contributed by atoms with Gasteiger partial charge in [0, 0.05) is 31.7 Å². The second kappa shape index (κ2) is 8.49. The average Bonchev–Trinajstić information content (AvgIpc) is 2.62. The van der Waals surface area contributed by atoms with E-state index in [0.29, 0.717) is 49.2 Å². The van der Waals surface area contributed by atoms with Crippen LogP contribution in [0.15, 0.2) is 24.3 Å². The Morgan fingerprint density at radius 3 is 2.50 bits per heavy atom. The molecule has 8 heteroatoms. The van der Waals surface area contributed by atoms with Crippen molar-refractivity contribution in [3.05, 3.63) is 29.8 Å². The third kappa shape index (κ3) is 4.58. The van der Waals surface area contributed by atoms with Gasteiger partial charge in [0.25, 0.3) is 5.91 Å². The third-order valence-electron chi connectivity index (χ3n) is 3.65. The smallest absolute Gasteiger partial charge is 0.409 e. The number of nitrogens with one attached hydrogen (secondary N) is 1. The maximum absolute atomic E-state index is 12.3. The lowest BCUT2D eigenvalue weighted by molar-refractivity contribution is 0.0897. The number of benzene rings is 1. The van der Waals surface area contributed by atoms with Crippen LogP contribution in [0.4, 0.5) is 4.79 Å². The molecule has 0 saturated carbocycles. The molecule has 0 aliphatic carbocycles. The van der Waals surface area contributed by atoms with Gasteiger partial charge in [-0.05, 0) is 37.3 Å². The number of nitrogens with zero attached hydrogens (tertiary/aromatic N) is 2. The number of ether oxygens (including phenoxy) is 2. The number of carbonyl (C=O) groups is 2. The van der Waals surface area contributed by atoms with Crippen LogP contribution >= 0.6 is 12.2 Å². The minimum atomic E-state index is -0.316. The van der Waals surface area contributed by atoms with Gasteiger partial charge >= 0.3 is 6.09 Å². The van der Waals surface area contributed by atoms with Crippen molar-refractivity contribution in [2.45, 2.75) is 6.92 Å². The average molecular weight is 351 g/mol. The predicted octanol–water partition coefficient (Wildman–Crippen LogP) is 1.48. The molecule has 0 aromatic heterocycles. The molecule has 0 radical (unpaired) electrons. The van der Waals surface area contributed by atoms with Crippen molar-refractivity contribution in [3.8, 4) is 5.75 Å². The summed E-state index contributed by atoms with van der Waals surface area (Å²) in [5.74, 6) is 0.323. The van der Waals surface area contributed by atoms with Gasteiger partial charge < -0.3 is 19.3 Å². The summed E-state index contributed by atoms with van der Waals surface area (Å²) in [4.78, 5) is 27.4. The maximum Gasteiger partial charge on any atom is 0.409 e. The number of hydrogen-bond acceptors (Lipinski definition) is 5. The van der Waals surface area contributed by atoms with Crippen molar-refractivity contribution < 1.29 is 19.1 Å². The fourth-order valence-corrected chi connectivity index (χ4v) is 2.59. The summed E-state index contributed by atoms with van der Waals surface area (Å²) in [5, 5.41) is 3.07. The third-order valence-corrected chi connectivity index (χ3v) is 4.01.